The van der Waals surface area contributed by atoms with E-state index in [1.165, 1.54) is 5.57 Å². The predicted octanol–water partition coefficient (Wildman–Crippen LogP) is 4.59. The molecule has 0 spiro atoms. The minimum Gasteiger partial charge on any atom is -0.455 e. The SMILES string of the molecule is CC1=C(C)C(=O)O[C@@H]([C@]2(C)O[C@@]34CC[C@@]2(O)[C@@]3(C)CC[C@H]2[C@H]4CC=C3CC=CC(=O)[C@@]32C)C1. The summed E-state index contributed by atoms with van der Waals surface area (Å²) in [5.74, 6) is 0.265. The molecule has 4 aliphatic carbocycles. The topological polar surface area (TPSA) is 72.8 Å². The zero-order chi connectivity index (χ0) is 23.6. The first-order chi connectivity index (χ1) is 15.4. The summed E-state index contributed by atoms with van der Waals surface area (Å²) >= 11 is 0. The molecule has 2 bridgehead atoms. The number of fused-ring (bicyclic) bond motifs is 3. The number of cyclic esters (lactones) is 1. The second-order valence-corrected chi connectivity index (χ2v) is 12.2. The Morgan fingerprint density at radius 3 is 2.55 bits per heavy atom. The molecule has 1 N–H and O–H groups in total. The van der Waals surface area contributed by atoms with Crippen LogP contribution in [0.1, 0.15) is 79.6 Å². The lowest BCUT2D eigenvalue weighted by Crippen LogP contribution is -2.63. The van der Waals surface area contributed by atoms with Crippen molar-refractivity contribution < 1.29 is 24.2 Å². The van der Waals surface area contributed by atoms with Gasteiger partial charge in [0.05, 0.1) is 11.0 Å². The zero-order valence-corrected chi connectivity index (χ0v) is 20.5. The number of hydrogen-bond donors (Lipinski definition) is 1. The van der Waals surface area contributed by atoms with Crippen LogP contribution in [0, 0.1) is 22.7 Å². The highest BCUT2D eigenvalue weighted by Gasteiger charge is 2.84. The molecule has 0 aromatic heterocycles. The molecule has 6 rings (SSSR count). The molecular formula is C28H36O5. The van der Waals surface area contributed by atoms with Crippen LogP contribution >= 0.6 is 0 Å². The molecule has 5 nitrogen and oxygen atoms in total. The predicted molar refractivity (Wildman–Crippen MR) is 123 cm³/mol. The fourth-order valence-electron chi connectivity index (χ4n) is 9.12. The minimum atomic E-state index is -1.08. The quantitative estimate of drug-likeness (QED) is 0.465. The maximum Gasteiger partial charge on any atom is 0.334 e. The van der Waals surface area contributed by atoms with E-state index in [9.17, 15) is 14.7 Å². The number of ether oxygens (including phenoxy) is 2. The maximum absolute atomic E-state index is 13.2. The van der Waals surface area contributed by atoms with Crippen molar-refractivity contribution >= 4 is 11.8 Å². The number of rotatable bonds is 1. The van der Waals surface area contributed by atoms with Gasteiger partial charge in [0, 0.05) is 17.4 Å². The Morgan fingerprint density at radius 1 is 1.06 bits per heavy atom. The molecule has 5 heteroatoms. The van der Waals surface area contributed by atoms with Gasteiger partial charge in [0.1, 0.15) is 17.3 Å². The van der Waals surface area contributed by atoms with Crippen molar-refractivity contribution in [2.45, 2.75) is 102 Å². The summed E-state index contributed by atoms with van der Waals surface area (Å²) in [5, 5.41) is 12.4. The standard InChI is InChI=1S/C28H36O5/c1-16-15-22(32-23(30)17(16)2)26(5)28(31)14-13-27(33-26)20-10-9-18-7-6-8-21(29)25(18,4)19(20)11-12-24(27,28)3/h6,8-9,19-20,22,31H,7,10-15H2,1-5H3/t19-,20+,22+,24-,25-,26-,27+,28+/m0/s1. The van der Waals surface area contributed by atoms with E-state index < -0.39 is 33.7 Å². The van der Waals surface area contributed by atoms with Crippen LogP contribution in [0.25, 0.3) is 0 Å². The van der Waals surface area contributed by atoms with Crippen LogP contribution in [0.15, 0.2) is 34.9 Å². The van der Waals surface area contributed by atoms with E-state index in [0.29, 0.717) is 18.4 Å². The first-order valence-electron chi connectivity index (χ1n) is 12.6. The van der Waals surface area contributed by atoms with Gasteiger partial charge in [-0.2, -0.15) is 0 Å². The average molecular weight is 453 g/mol. The summed E-state index contributed by atoms with van der Waals surface area (Å²) in [6.45, 7) is 10.1. The van der Waals surface area contributed by atoms with Crippen LogP contribution < -0.4 is 0 Å². The molecule has 0 aromatic carbocycles. The van der Waals surface area contributed by atoms with Crippen molar-refractivity contribution in [1.29, 1.82) is 0 Å². The number of carbonyl (C=O) groups is 2. The van der Waals surface area contributed by atoms with E-state index in [2.05, 4.69) is 19.9 Å². The summed E-state index contributed by atoms with van der Waals surface area (Å²) in [6, 6.07) is 0. The molecule has 0 aromatic rings. The molecule has 3 fully saturated rings. The third-order valence-electron chi connectivity index (χ3n) is 11.4. The van der Waals surface area contributed by atoms with Crippen molar-refractivity contribution in [3.63, 3.8) is 0 Å². The van der Waals surface area contributed by atoms with Crippen LogP contribution in [-0.2, 0) is 19.1 Å². The van der Waals surface area contributed by atoms with Crippen molar-refractivity contribution in [2.24, 2.45) is 22.7 Å². The monoisotopic (exact) mass is 452 g/mol. The summed E-state index contributed by atoms with van der Waals surface area (Å²) in [7, 11) is 0. The Balaban J connectivity index is 1.45. The summed E-state index contributed by atoms with van der Waals surface area (Å²) in [6.07, 6.45) is 11.0. The molecule has 8 atom stereocenters. The number of hydrogen-bond acceptors (Lipinski definition) is 5. The minimum absolute atomic E-state index is 0.161. The van der Waals surface area contributed by atoms with Gasteiger partial charge in [-0.25, -0.2) is 4.79 Å². The van der Waals surface area contributed by atoms with Gasteiger partial charge in [-0.15, -0.1) is 0 Å². The number of esters is 1. The normalized spacial score (nSPS) is 52.8. The number of aliphatic hydroxyl groups is 1. The molecular weight excluding hydrogens is 416 g/mol. The van der Waals surface area contributed by atoms with E-state index in [-0.39, 0.29) is 23.6 Å². The molecule has 0 radical (unpaired) electrons. The molecule has 2 aliphatic heterocycles. The Bertz CT molecular complexity index is 1070. The van der Waals surface area contributed by atoms with Crippen LogP contribution in [-0.4, -0.2) is 39.8 Å². The molecule has 2 saturated carbocycles. The van der Waals surface area contributed by atoms with E-state index in [4.69, 9.17) is 9.47 Å². The van der Waals surface area contributed by atoms with E-state index in [0.717, 1.165) is 37.7 Å². The zero-order valence-electron chi connectivity index (χ0n) is 20.5. The van der Waals surface area contributed by atoms with Gasteiger partial charge in [-0.1, -0.05) is 30.2 Å². The Labute approximate surface area is 196 Å². The second kappa shape index (κ2) is 6.28. The molecule has 2 heterocycles. The van der Waals surface area contributed by atoms with Gasteiger partial charge in [0.2, 0.25) is 0 Å². The van der Waals surface area contributed by atoms with E-state index in [1.54, 1.807) is 13.0 Å². The van der Waals surface area contributed by atoms with Crippen LogP contribution in [0.4, 0.5) is 0 Å². The summed E-state index contributed by atoms with van der Waals surface area (Å²) < 4.78 is 13.1. The smallest absolute Gasteiger partial charge is 0.334 e. The van der Waals surface area contributed by atoms with Crippen molar-refractivity contribution in [2.75, 3.05) is 0 Å². The lowest BCUT2D eigenvalue weighted by atomic mass is 9.46. The molecule has 33 heavy (non-hydrogen) atoms. The molecule has 0 amide bonds. The third-order valence-corrected chi connectivity index (χ3v) is 11.4. The Hall–Kier alpha value is -1.72. The largest absolute Gasteiger partial charge is 0.455 e. The fourth-order valence-corrected chi connectivity index (χ4v) is 9.12. The van der Waals surface area contributed by atoms with Gasteiger partial charge in [0.25, 0.3) is 0 Å². The van der Waals surface area contributed by atoms with Crippen molar-refractivity contribution in [3.05, 3.63) is 34.9 Å². The molecule has 0 unspecified atom stereocenters. The van der Waals surface area contributed by atoms with Gasteiger partial charge < -0.3 is 14.6 Å². The number of carbonyl (C=O) groups excluding carboxylic acids is 2. The Kier molecular flexibility index (Phi) is 4.15. The number of ketones is 1. The van der Waals surface area contributed by atoms with E-state index in [1.807, 2.05) is 19.9 Å². The maximum atomic E-state index is 13.2. The van der Waals surface area contributed by atoms with Crippen molar-refractivity contribution in [1.82, 2.24) is 0 Å². The number of allylic oxidation sites excluding steroid dienone is 4. The second-order valence-electron chi connectivity index (χ2n) is 12.2. The lowest BCUT2D eigenvalue weighted by Gasteiger charge is -2.59. The van der Waals surface area contributed by atoms with Crippen molar-refractivity contribution in [3.8, 4) is 0 Å². The van der Waals surface area contributed by atoms with Gasteiger partial charge in [-0.05, 0) is 84.1 Å². The summed E-state index contributed by atoms with van der Waals surface area (Å²) in [4.78, 5) is 25.9. The molecule has 1 saturated heterocycles. The first-order valence-corrected chi connectivity index (χ1v) is 12.6. The van der Waals surface area contributed by atoms with Crippen LogP contribution in [0.2, 0.25) is 0 Å². The Morgan fingerprint density at radius 2 is 1.82 bits per heavy atom. The average Bonchev–Trinajstić information content (AvgIpc) is 3.10. The first kappa shape index (κ1) is 21.8. The lowest BCUT2D eigenvalue weighted by molar-refractivity contribution is -0.247. The summed E-state index contributed by atoms with van der Waals surface area (Å²) in [5.41, 5.74) is -0.588. The van der Waals surface area contributed by atoms with Gasteiger partial charge in [0.15, 0.2) is 5.78 Å². The third kappa shape index (κ3) is 2.18. The molecule has 6 aliphatic rings. The van der Waals surface area contributed by atoms with Crippen LogP contribution in [0.5, 0.6) is 0 Å². The highest BCUT2D eigenvalue weighted by molar-refractivity contribution is 5.98. The van der Waals surface area contributed by atoms with Crippen LogP contribution in [0.3, 0.4) is 0 Å². The van der Waals surface area contributed by atoms with E-state index >= 15 is 0 Å². The highest BCUT2D eigenvalue weighted by Crippen LogP contribution is 2.77. The highest BCUT2D eigenvalue weighted by atomic mass is 16.6. The van der Waals surface area contributed by atoms with Gasteiger partial charge in [-0.3, -0.25) is 4.79 Å². The molecule has 178 valence electrons. The van der Waals surface area contributed by atoms with Gasteiger partial charge >= 0.3 is 5.97 Å². The fraction of sp³-hybridized carbons (Fsp3) is 0.714.